The maximum absolute atomic E-state index is 12.3. The maximum Gasteiger partial charge on any atom is 0.306 e. The summed E-state index contributed by atoms with van der Waals surface area (Å²) in [4.78, 5) is 23.2. The first-order valence-corrected chi connectivity index (χ1v) is 14.7. The predicted molar refractivity (Wildman–Crippen MR) is 144 cm³/mol. The van der Waals surface area contributed by atoms with Crippen LogP contribution in [0.1, 0.15) is 162 Å². The van der Waals surface area contributed by atoms with Crippen LogP contribution in [0.2, 0.25) is 0 Å². The molecule has 1 atom stereocenters. The number of allylic oxidation sites excluding steroid dienone is 2. The second-order valence-corrected chi connectivity index (χ2v) is 9.94. The van der Waals surface area contributed by atoms with Gasteiger partial charge in [0.25, 0.3) is 0 Å². The van der Waals surface area contributed by atoms with Crippen molar-refractivity contribution in [1.82, 2.24) is 0 Å². The minimum Gasteiger partial charge on any atom is -0.481 e. The normalized spacial score (nSPS) is 12.3. The van der Waals surface area contributed by atoms with Crippen molar-refractivity contribution in [3.63, 3.8) is 0 Å². The van der Waals surface area contributed by atoms with Crippen molar-refractivity contribution >= 4 is 11.9 Å². The second kappa shape index (κ2) is 26.3. The average Bonchev–Trinajstić information content (AvgIpc) is 2.81. The molecule has 0 radical (unpaired) electrons. The second-order valence-electron chi connectivity index (χ2n) is 9.94. The van der Waals surface area contributed by atoms with Gasteiger partial charge in [0, 0.05) is 12.8 Å². The van der Waals surface area contributed by atoms with Crippen LogP contribution >= 0.6 is 0 Å². The summed E-state index contributed by atoms with van der Waals surface area (Å²) in [6, 6.07) is 0. The van der Waals surface area contributed by atoms with Crippen molar-refractivity contribution in [1.29, 1.82) is 0 Å². The largest absolute Gasteiger partial charge is 0.481 e. The minimum absolute atomic E-state index is 0.0720. The molecule has 0 aromatic heterocycles. The maximum atomic E-state index is 12.3. The number of carbonyl (C=O) groups is 2. The number of ether oxygens (including phenoxy) is 1. The molecule has 200 valence electrons. The third-order valence-electron chi connectivity index (χ3n) is 6.50. The Hall–Kier alpha value is -1.32. The van der Waals surface area contributed by atoms with Crippen LogP contribution in [0, 0.1) is 0 Å². The molecule has 0 fully saturated rings. The number of hydrogen-bond donors (Lipinski definition) is 1. The molecule has 1 unspecified atom stereocenters. The van der Waals surface area contributed by atoms with E-state index >= 15 is 0 Å². The van der Waals surface area contributed by atoms with Gasteiger partial charge in [0.05, 0.1) is 0 Å². The Morgan fingerprint density at radius 3 is 1.71 bits per heavy atom. The summed E-state index contributed by atoms with van der Waals surface area (Å²) >= 11 is 0. The topological polar surface area (TPSA) is 63.6 Å². The third-order valence-corrected chi connectivity index (χ3v) is 6.50. The third kappa shape index (κ3) is 25.3. The van der Waals surface area contributed by atoms with E-state index in [9.17, 15) is 9.59 Å². The lowest BCUT2D eigenvalue weighted by atomic mass is 10.0. The van der Waals surface area contributed by atoms with Crippen molar-refractivity contribution in [2.75, 3.05) is 0 Å². The number of unbranched alkanes of at least 4 members (excludes halogenated alkanes) is 16. The van der Waals surface area contributed by atoms with E-state index in [1.807, 2.05) is 0 Å². The predicted octanol–water partition coefficient (Wildman–Crippen LogP) is 9.55. The van der Waals surface area contributed by atoms with E-state index in [-0.39, 0.29) is 18.5 Å². The van der Waals surface area contributed by atoms with E-state index in [2.05, 4.69) is 26.0 Å². The lowest BCUT2D eigenvalue weighted by molar-refractivity contribution is -0.151. The molecule has 0 rings (SSSR count). The summed E-state index contributed by atoms with van der Waals surface area (Å²) in [7, 11) is 0. The molecule has 0 aromatic carbocycles. The number of carbonyl (C=O) groups excluding carboxylic acids is 1. The van der Waals surface area contributed by atoms with Crippen LogP contribution in [0.5, 0.6) is 0 Å². The molecule has 1 N–H and O–H groups in total. The van der Waals surface area contributed by atoms with E-state index in [0.717, 1.165) is 44.9 Å². The van der Waals surface area contributed by atoms with Crippen LogP contribution < -0.4 is 0 Å². The number of rotatable bonds is 26. The number of carboxylic acid groups (broad SMARTS) is 1. The summed E-state index contributed by atoms with van der Waals surface area (Å²) in [5.74, 6) is -0.967. The molecule has 0 saturated heterocycles. The van der Waals surface area contributed by atoms with Crippen LogP contribution in [0.25, 0.3) is 0 Å². The molecule has 4 nitrogen and oxygen atoms in total. The Labute approximate surface area is 211 Å². The lowest BCUT2D eigenvalue weighted by Crippen LogP contribution is -2.19. The van der Waals surface area contributed by atoms with Gasteiger partial charge in [0.2, 0.25) is 0 Å². The fourth-order valence-electron chi connectivity index (χ4n) is 4.27. The van der Waals surface area contributed by atoms with Gasteiger partial charge >= 0.3 is 11.9 Å². The summed E-state index contributed by atoms with van der Waals surface area (Å²) in [6.07, 6.45) is 29.3. The van der Waals surface area contributed by atoms with Gasteiger partial charge in [-0.1, -0.05) is 116 Å². The van der Waals surface area contributed by atoms with Crippen LogP contribution in [-0.2, 0) is 14.3 Å². The molecular weight excluding hydrogens is 424 g/mol. The molecule has 34 heavy (non-hydrogen) atoms. The van der Waals surface area contributed by atoms with Crippen molar-refractivity contribution in [3.05, 3.63) is 12.2 Å². The highest BCUT2D eigenvalue weighted by Gasteiger charge is 2.15. The van der Waals surface area contributed by atoms with Crippen molar-refractivity contribution < 1.29 is 19.4 Å². The Bertz CT molecular complexity index is 486. The minimum atomic E-state index is -0.815. The first kappa shape index (κ1) is 32.7. The van der Waals surface area contributed by atoms with Crippen LogP contribution in [0.3, 0.4) is 0 Å². The van der Waals surface area contributed by atoms with Crippen molar-refractivity contribution in [3.8, 4) is 0 Å². The summed E-state index contributed by atoms with van der Waals surface area (Å²) in [5.41, 5.74) is 0. The Morgan fingerprint density at radius 2 is 1.12 bits per heavy atom. The highest BCUT2D eigenvalue weighted by Crippen LogP contribution is 2.17. The fourth-order valence-corrected chi connectivity index (χ4v) is 4.27. The number of hydrogen-bond acceptors (Lipinski definition) is 3. The number of carboxylic acids is 1. The summed E-state index contributed by atoms with van der Waals surface area (Å²) in [6.45, 7) is 4.47. The van der Waals surface area contributed by atoms with Crippen LogP contribution in [0.4, 0.5) is 0 Å². The van der Waals surface area contributed by atoms with Crippen LogP contribution in [0.15, 0.2) is 12.2 Å². The molecule has 0 aromatic rings. The molecule has 0 aliphatic heterocycles. The Morgan fingerprint density at radius 1 is 0.618 bits per heavy atom. The SMILES string of the molecule is CCCC/C=C\CCCCCCCC(=O)OC(CCCCCCCCCCCC)CCC(=O)O. The molecule has 4 heteroatoms. The zero-order valence-corrected chi connectivity index (χ0v) is 22.7. The van der Waals surface area contributed by atoms with E-state index in [1.165, 1.54) is 83.5 Å². The lowest BCUT2D eigenvalue weighted by Gasteiger charge is -2.17. The zero-order chi connectivity index (χ0) is 25.1. The molecule has 0 aliphatic rings. The van der Waals surface area contributed by atoms with Crippen molar-refractivity contribution in [2.24, 2.45) is 0 Å². The molecule has 0 aliphatic carbocycles. The first-order valence-electron chi connectivity index (χ1n) is 14.7. The highest BCUT2D eigenvalue weighted by atomic mass is 16.5. The summed E-state index contributed by atoms with van der Waals surface area (Å²) < 4.78 is 5.66. The van der Waals surface area contributed by atoms with Gasteiger partial charge in [-0.15, -0.1) is 0 Å². The molecule has 0 amide bonds. The van der Waals surface area contributed by atoms with E-state index in [0.29, 0.717) is 12.8 Å². The Balaban J connectivity index is 3.84. The molecule has 0 bridgehead atoms. The van der Waals surface area contributed by atoms with Crippen LogP contribution in [-0.4, -0.2) is 23.1 Å². The highest BCUT2D eigenvalue weighted by molar-refractivity contribution is 5.69. The smallest absolute Gasteiger partial charge is 0.306 e. The van der Waals surface area contributed by atoms with Gasteiger partial charge in [-0.3, -0.25) is 9.59 Å². The van der Waals surface area contributed by atoms with Crippen molar-refractivity contribution in [2.45, 2.75) is 168 Å². The van der Waals surface area contributed by atoms with Gasteiger partial charge in [0.15, 0.2) is 0 Å². The molecular formula is C30H56O4. The van der Waals surface area contributed by atoms with E-state index in [4.69, 9.17) is 9.84 Å². The molecule has 0 spiro atoms. The first-order chi connectivity index (χ1) is 16.6. The number of aliphatic carboxylic acids is 1. The van der Waals surface area contributed by atoms with Gasteiger partial charge in [-0.05, 0) is 44.9 Å². The zero-order valence-electron chi connectivity index (χ0n) is 22.7. The van der Waals surface area contributed by atoms with Gasteiger partial charge < -0.3 is 9.84 Å². The van der Waals surface area contributed by atoms with Gasteiger partial charge in [-0.2, -0.15) is 0 Å². The average molecular weight is 481 g/mol. The van der Waals surface area contributed by atoms with E-state index in [1.54, 1.807) is 0 Å². The van der Waals surface area contributed by atoms with Gasteiger partial charge in [0.1, 0.15) is 6.10 Å². The summed E-state index contributed by atoms with van der Waals surface area (Å²) in [5, 5.41) is 9.01. The van der Waals surface area contributed by atoms with E-state index < -0.39 is 5.97 Å². The number of esters is 1. The molecule has 0 heterocycles. The standard InChI is InChI=1S/C30H56O4/c1-3-5-7-9-11-13-15-17-19-21-23-25-30(33)34-28(26-27-29(31)32)24-22-20-18-16-14-12-10-8-6-4-2/h9,11,28H,3-8,10,12-27H2,1-2H3,(H,31,32)/b11-9-. The quantitative estimate of drug-likeness (QED) is 0.0760. The molecule has 0 saturated carbocycles. The fraction of sp³-hybridized carbons (Fsp3) is 0.867. The Kier molecular flexibility index (Phi) is 25.3. The monoisotopic (exact) mass is 480 g/mol. The van der Waals surface area contributed by atoms with Gasteiger partial charge in [-0.25, -0.2) is 0 Å².